The monoisotopic (exact) mass is 320 g/mol. The van der Waals surface area contributed by atoms with Crippen LogP contribution in [0.15, 0.2) is 42.5 Å². The maximum absolute atomic E-state index is 10.1. The summed E-state index contributed by atoms with van der Waals surface area (Å²) in [6, 6.07) is 14.4. The molecule has 0 radical (unpaired) electrons. The number of nitrogens with one attached hydrogen (secondary N) is 1. The molecule has 2 aromatic rings. The first kappa shape index (κ1) is 15.8. The molecule has 2 aromatic carbocycles. The van der Waals surface area contributed by atoms with Crippen molar-refractivity contribution in [2.24, 2.45) is 0 Å². The van der Waals surface area contributed by atoms with Crippen molar-refractivity contribution in [3.05, 3.63) is 69.2 Å². The third kappa shape index (κ3) is 4.73. The molecule has 1 atom stereocenters. The van der Waals surface area contributed by atoms with Crippen LogP contribution in [0.4, 0.5) is 0 Å². The molecule has 0 aliphatic heterocycles. The van der Waals surface area contributed by atoms with Crippen molar-refractivity contribution in [1.29, 1.82) is 5.26 Å². The summed E-state index contributed by atoms with van der Waals surface area (Å²) < 4.78 is 0. The predicted molar refractivity (Wildman–Crippen MR) is 84.3 cm³/mol. The van der Waals surface area contributed by atoms with Crippen LogP contribution >= 0.6 is 23.2 Å². The molecule has 0 aromatic heterocycles. The minimum atomic E-state index is -0.681. The van der Waals surface area contributed by atoms with Crippen LogP contribution in [0.3, 0.4) is 0 Å². The Balaban J connectivity index is 1.88. The number of rotatable bonds is 5. The normalized spacial score (nSPS) is 11.9. The molecule has 3 nitrogen and oxygen atoms in total. The largest absolute Gasteiger partial charge is 0.387 e. The zero-order chi connectivity index (χ0) is 15.2. The van der Waals surface area contributed by atoms with Gasteiger partial charge in [0, 0.05) is 23.1 Å². The van der Waals surface area contributed by atoms with Crippen molar-refractivity contribution in [2.75, 3.05) is 6.54 Å². The van der Waals surface area contributed by atoms with Gasteiger partial charge in [-0.3, -0.25) is 0 Å². The van der Waals surface area contributed by atoms with Gasteiger partial charge in [-0.15, -0.1) is 0 Å². The van der Waals surface area contributed by atoms with E-state index in [-0.39, 0.29) is 0 Å². The molecule has 0 spiro atoms. The van der Waals surface area contributed by atoms with E-state index in [4.69, 9.17) is 28.5 Å². The maximum Gasteiger partial charge on any atom is 0.0991 e. The van der Waals surface area contributed by atoms with Gasteiger partial charge in [0.1, 0.15) is 0 Å². The molecule has 5 heteroatoms. The molecule has 0 saturated carbocycles. The van der Waals surface area contributed by atoms with Gasteiger partial charge in [-0.1, -0.05) is 35.3 Å². The first-order chi connectivity index (χ1) is 10.1. The molecule has 1 unspecified atom stereocenters. The second kappa shape index (κ2) is 7.44. The Hall–Kier alpha value is -1.57. The van der Waals surface area contributed by atoms with Crippen LogP contribution in [-0.4, -0.2) is 11.7 Å². The number of nitrogens with zero attached hydrogens (tertiary/aromatic N) is 1. The molecule has 0 saturated heterocycles. The summed E-state index contributed by atoms with van der Waals surface area (Å²) in [5.74, 6) is 0. The highest BCUT2D eigenvalue weighted by atomic mass is 35.5. The van der Waals surface area contributed by atoms with Crippen molar-refractivity contribution in [2.45, 2.75) is 12.6 Å². The van der Waals surface area contributed by atoms with E-state index in [1.165, 1.54) is 0 Å². The quantitative estimate of drug-likeness (QED) is 0.883. The zero-order valence-corrected chi connectivity index (χ0v) is 12.7. The Morgan fingerprint density at radius 1 is 1.10 bits per heavy atom. The molecule has 0 aliphatic rings. The molecular weight excluding hydrogens is 307 g/mol. The highest BCUT2D eigenvalue weighted by Gasteiger charge is 2.09. The number of halogens is 2. The van der Waals surface area contributed by atoms with Crippen molar-refractivity contribution < 1.29 is 5.11 Å². The molecular formula is C16H14Cl2N2O. The molecule has 2 N–H and O–H groups in total. The molecule has 0 fully saturated rings. The first-order valence-corrected chi connectivity index (χ1v) is 7.18. The molecule has 0 bridgehead atoms. The van der Waals surface area contributed by atoms with E-state index >= 15 is 0 Å². The van der Waals surface area contributed by atoms with Gasteiger partial charge in [0.05, 0.1) is 17.7 Å². The minimum Gasteiger partial charge on any atom is -0.387 e. The number of nitriles is 1. The summed E-state index contributed by atoms with van der Waals surface area (Å²) in [5, 5.41) is 23.0. The molecule has 2 rings (SSSR count). The number of hydrogen-bond donors (Lipinski definition) is 2. The van der Waals surface area contributed by atoms with Gasteiger partial charge < -0.3 is 10.4 Å². The van der Waals surface area contributed by atoms with Gasteiger partial charge in [0.2, 0.25) is 0 Å². The average Bonchev–Trinajstić information content (AvgIpc) is 2.47. The van der Waals surface area contributed by atoms with Gasteiger partial charge >= 0.3 is 0 Å². The van der Waals surface area contributed by atoms with Crippen LogP contribution in [0.2, 0.25) is 10.0 Å². The van der Waals surface area contributed by atoms with Crippen molar-refractivity contribution in [3.8, 4) is 6.07 Å². The summed E-state index contributed by atoms with van der Waals surface area (Å²) in [7, 11) is 0. The van der Waals surface area contributed by atoms with E-state index in [1.54, 1.807) is 30.3 Å². The van der Waals surface area contributed by atoms with Crippen molar-refractivity contribution >= 4 is 23.2 Å². The van der Waals surface area contributed by atoms with Gasteiger partial charge in [0.25, 0.3) is 0 Å². The van der Waals surface area contributed by atoms with Crippen LogP contribution in [-0.2, 0) is 6.54 Å². The fourth-order valence-electron chi connectivity index (χ4n) is 1.94. The summed E-state index contributed by atoms with van der Waals surface area (Å²) in [6.45, 7) is 0.994. The van der Waals surface area contributed by atoms with E-state index in [2.05, 4.69) is 11.4 Å². The highest BCUT2D eigenvalue weighted by molar-refractivity contribution is 6.34. The lowest BCUT2D eigenvalue weighted by atomic mass is 10.1. The lowest BCUT2D eigenvalue weighted by Gasteiger charge is -2.13. The molecule has 108 valence electrons. The van der Waals surface area contributed by atoms with Gasteiger partial charge in [-0.25, -0.2) is 0 Å². The van der Waals surface area contributed by atoms with Crippen LogP contribution in [0.5, 0.6) is 0 Å². The third-order valence-electron chi connectivity index (χ3n) is 3.02. The summed E-state index contributed by atoms with van der Waals surface area (Å²) in [4.78, 5) is 0. The smallest absolute Gasteiger partial charge is 0.0991 e. The van der Waals surface area contributed by atoms with E-state index in [9.17, 15) is 5.11 Å². The molecule has 0 aliphatic carbocycles. The minimum absolute atomic E-state index is 0.386. The molecule has 0 amide bonds. The van der Waals surface area contributed by atoms with Gasteiger partial charge in [0.15, 0.2) is 0 Å². The summed E-state index contributed by atoms with van der Waals surface area (Å²) in [5.41, 5.74) is 2.36. The molecule has 21 heavy (non-hydrogen) atoms. The first-order valence-electron chi connectivity index (χ1n) is 6.42. The predicted octanol–water partition coefficient (Wildman–Crippen LogP) is 3.69. The average molecular weight is 321 g/mol. The Labute approximate surface area is 133 Å². The van der Waals surface area contributed by atoms with Crippen LogP contribution in [0, 0.1) is 11.3 Å². The number of aliphatic hydroxyl groups is 1. The standard InChI is InChI=1S/C16H14Cl2N2O/c17-14-5-13(6-15(18)7-14)16(21)10-20-9-12-3-1-11(8-19)2-4-12/h1-7,16,20-21H,9-10H2. The van der Waals surface area contributed by atoms with E-state index in [0.717, 1.165) is 5.56 Å². The third-order valence-corrected chi connectivity index (χ3v) is 3.46. The Morgan fingerprint density at radius 2 is 1.71 bits per heavy atom. The van der Waals surface area contributed by atoms with Gasteiger partial charge in [-0.05, 0) is 41.5 Å². The SMILES string of the molecule is N#Cc1ccc(CNCC(O)c2cc(Cl)cc(Cl)c2)cc1. The maximum atomic E-state index is 10.1. The topological polar surface area (TPSA) is 56.0 Å². The van der Waals surface area contributed by atoms with Crippen molar-refractivity contribution in [1.82, 2.24) is 5.32 Å². The fraction of sp³-hybridized carbons (Fsp3) is 0.188. The van der Waals surface area contributed by atoms with Crippen LogP contribution in [0.25, 0.3) is 0 Å². The number of aliphatic hydroxyl groups excluding tert-OH is 1. The number of hydrogen-bond acceptors (Lipinski definition) is 3. The van der Waals surface area contributed by atoms with Crippen LogP contribution < -0.4 is 5.32 Å². The van der Waals surface area contributed by atoms with E-state index in [0.29, 0.717) is 34.3 Å². The molecule has 0 heterocycles. The second-order valence-corrected chi connectivity index (χ2v) is 5.53. The summed E-state index contributed by atoms with van der Waals surface area (Å²) >= 11 is 11.8. The van der Waals surface area contributed by atoms with E-state index < -0.39 is 6.10 Å². The zero-order valence-electron chi connectivity index (χ0n) is 11.2. The second-order valence-electron chi connectivity index (χ2n) is 4.66. The number of benzene rings is 2. The highest BCUT2D eigenvalue weighted by Crippen LogP contribution is 2.23. The van der Waals surface area contributed by atoms with E-state index in [1.807, 2.05) is 12.1 Å². The van der Waals surface area contributed by atoms with Gasteiger partial charge in [-0.2, -0.15) is 5.26 Å². The summed E-state index contributed by atoms with van der Waals surface area (Å²) in [6.07, 6.45) is -0.681. The van der Waals surface area contributed by atoms with Crippen LogP contribution in [0.1, 0.15) is 22.8 Å². The fourth-order valence-corrected chi connectivity index (χ4v) is 2.48. The lowest BCUT2D eigenvalue weighted by molar-refractivity contribution is 0.174. The Kier molecular flexibility index (Phi) is 5.60. The van der Waals surface area contributed by atoms with Crippen molar-refractivity contribution in [3.63, 3.8) is 0 Å². The lowest BCUT2D eigenvalue weighted by Crippen LogP contribution is -2.21. The Morgan fingerprint density at radius 3 is 2.29 bits per heavy atom. The Bertz CT molecular complexity index is 630.